The molecule has 1 aliphatic rings. The van der Waals surface area contributed by atoms with Crippen LogP contribution in [-0.4, -0.2) is 76.5 Å². The Morgan fingerprint density at radius 3 is 2.10 bits per heavy atom. The molecule has 2 heterocycles. The van der Waals surface area contributed by atoms with Crippen molar-refractivity contribution in [1.29, 1.82) is 0 Å². The van der Waals surface area contributed by atoms with Crippen LogP contribution >= 0.6 is 0 Å². The van der Waals surface area contributed by atoms with Gasteiger partial charge >= 0.3 is 5.69 Å². The Morgan fingerprint density at radius 2 is 1.62 bits per heavy atom. The van der Waals surface area contributed by atoms with Crippen molar-refractivity contribution < 1.29 is 31.3 Å². The first kappa shape index (κ1) is 35.1. The van der Waals surface area contributed by atoms with E-state index in [4.69, 9.17) is 17.8 Å². The monoisotopic (exact) mass is 622 g/mol. The highest BCUT2D eigenvalue weighted by atomic mass is 32.2. The van der Waals surface area contributed by atoms with Crippen molar-refractivity contribution in [3.05, 3.63) is 33.1 Å². The third kappa shape index (κ3) is 8.03. The maximum atomic E-state index is 13.2. The molecular formula is C26H50N2O9SSi2. The minimum absolute atomic E-state index is 0.0546. The Bertz CT molecular complexity index is 1250. The summed E-state index contributed by atoms with van der Waals surface area (Å²) in [6.45, 7) is 23.7. The van der Waals surface area contributed by atoms with Crippen molar-refractivity contribution in [3.63, 3.8) is 0 Å². The summed E-state index contributed by atoms with van der Waals surface area (Å²) in [5.41, 5.74) is -3.51. The zero-order chi connectivity index (χ0) is 31.1. The predicted molar refractivity (Wildman–Crippen MR) is 160 cm³/mol. The summed E-state index contributed by atoms with van der Waals surface area (Å²) >= 11 is 0. The fourth-order valence-electron chi connectivity index (χ4n) is 3.70. The summed E-state index contributed by atoms with van der Waals surface area (Å²) in [6.07, 6.45) is -2.45. The summed E-state index contributed by atoms with van der Waals surface area (Å²) in [5, 5.41) is 11.9. The van der Waals surface area contributed by atoms with Gasteiger partial charge in [0.25, 0.3) is 15.7 Å². The van der Waals surface area contributed by atoms with Crippen LogP contribution in [0, 0.1) is 5.92 Å². The fourth-order valence-corrected chi connectivity index (χ4v) is 7.49. The van der Waals surface area contributed by atoms with Gasteiger partial charge in [-0.1, -0.05) is 55.4 Å². The van der Waals surface area contributed by atoms with Crippen molar-refractivity contribution >= 4 is 26.8 Å². The van der Waals surface area contributed by atoms with Crippen LogP contribution in [0.1, 0.15) is 61.6 Å². The molecule has 1 aliphatic heterocycles. The van der Waals surface area contributed by atoms with Crippen molar-refractivity contribution in [2.45, 2.75) is 116 Å². The summed E-state index contributed by atoms with van der Waals surface area (Å²) < 4.78 is 52.2. The Morgan fingerprint density at radius 1 is 1.07 bits per heavy atom. The molecule has 40 heavy (non-hydrogen) atoms. The first-order chi connectivity index (χ1) is 17.8. The molecule has 0 saturated carbocycles. The van der Waals surface area contributed by atoms with E-state index in [-0.39, 0.29) is 29.2 Å². The molecule has 14 heteroatoms. The number of rotatable bonds is 11. The van der Waals surface area contributed by atoms with E-state index < -0.39 is 67.8 Å². The number of H-pyrrole nitrogens is 1. The van der Waals surface area contributed by atoms with Crippen LogP contribution in [0.25, 0.3) is 0 Å². The second-order valence-corrected chi connectivity index (χ2v) is 25.5. The number of hydrogen-bond donors (Lipinski definition) is 2. The highest BCUT2D eigenvalue weighted by molar-refractivity contribution is 7.86. The maximum Gasteiger partial charge on any atom is 0.330 e. The number of nitrogens with one attached hydrogen (secondary N) is 1. The van der Waals surface area contributed by atoms with Crippen LogP contribution in [0.5, 0.6) is 0 Å². The number of aliphatic hydroxyl groups is 1. The number of ether oxygens (including phenoxy) is 1. The molecule has 11 nitrogen and oxygen atoms in total. The average molecular weight is 623 g/mol. The first-order valence-corrected chi connectivity index (χ1v) is 21.1. The Hall–Kier alpha value is -1.14. The lowest BCUT2D eigenvalue weighted by Gasteiger charge is -2.43. The average Bonchev–Trinajstić information content (AvgIpc) is 2.99. The molecule has 0 aromatic carbocycles. The van der Waals surface area contributed by atoms with Gasteiger partial charge in [-0.3, -0.25) is 18.5 Å². The summed E-state index contributed by atoms with van der Waals surface area (Å²) in [6, 6.07) is 1.16. The SMILES string of the molecule is CC(C)COS(=O)(=O)CC1(O)[C@@H](CO[Si](C)(C)C(C)(C)C)O[C@@H](n2ccc(=O)[nH]c2=O)[C@@H]1O[Si](C)(C)C(C)(C)C. The number of nitrogens with zero attached hydrogens (tertiary/aromatic N) is 1. The molecule has 0 aliphatic carbocycles. The highest BCUT2D eigenvalue weighted by Gasteiger charge is 2.62. The van der Waals surface area contributed by atoms with E-state index in [2.05, 4.69) is 25.8 Å². The lowest BCUT2D eigenvalue weighted by molar-refractivity contribution is -0.0757. The van der Waals surface area contributed by atoms with Gasteiger partial charge in [-0.25, -0.2) is 4.79 Å². The molecule has 0 spiro atoms. The van der Waals surface area contributed by atoms with Gasteiger partial charge in [0.1, 0.15) is 23.6 Å². The third-order valence-electron chi connectivity index (χ3n) is 8.36. The maximum absolute atomic E-state index is 13.2. The van der Waals surface area contributed by atoms with E-state index in [1.807, 2.05) is 60.8 Å². The molecule has 1 fully saturated rings. The quantitative estimate of drug-likeness (QED) is 0.279. The number of aromatic amines is 1. The van der Waals surface area contributed by atoms with E-state index in [0.29, 0.717) is 0 Å². The van der Waals surface area contributed by atoms with Gasteiger partial charge < -0.3 is 18.7 Å². The Kier molecular flexibility index (Phi) is 10.4. The van der Waals surface area contributed by atoms with Gasteiger partial charge in [0.2, 0.25) is 0 Å². The van der Waals surface area contributed by atoms with Crippen molar-refractivity contribution in [3.8, 4) is 0 Å². The second-order valence-electron chi connectivity index (χ2n) is 14.3. The first-order valence-electron chi connectivity index (χ1n) is 13.7. The van der Waals surface area contributed by atoms with E-state index in [9.17, 15) is 23.1 Å². The van der Waals surface area contributed by atoms with Gasteiger partial charge in [-0.15, -0.1) is 0 Å². The van der Waals surface area contributed by atoms with E-state index in [0.717, 1.165) is 10.6 Å². The third-order valence-corrected chi connectivity index (χ3v) is 18.6. The van der Waals surface area contributed by atoms with Crippen LogP contribution in [-0.2, 0) is 27.9 Å². The topological polar surface area (TPSA) is 146 Å². The van der Waals surface area contributed by atoms with Crippen LogP contribution in [0.4, 0.5) is 0 Å². The second kappa shape index (κ2) is 11.9. The summed E-state index contributed by atoms with van der Waals surface area (Å²) in [7, 11) is -9.31. The molecule has 0 radical (unpaired) electrons. The van der Waals surface area contributed by atoms with Crippen LogP contribution in [0.2, 0.25) is 36.3 Å². The number of hydrogen-bond acceptors (Lipinski definition) is 9. The molecule has 2 N–H and O–H groups in total. The molecule has 1 saturated heterocycles. The molecule has 4 atom stereocenters. The van der Waals surface area contributed by atoms with Crippen molar-refractivity contribution in [2.75, 3.05) is 19.0 Å². The normalized spacial score (nSPS) is 25.1. The summed E-state index contributed by atoms with van der Waals surface area (Å²) in [4.78, 5) is 26.9. The van der Waals surface area contributed by atoms with Gasteiger partial charge in [0.05, 0.1) is 13.2 Å². The molecule has 1 aromatic heterocycles. The zero-order valence-corrected chi connectivity index (χ0v) is 29.0. The van der Waals surface area contributed by atoms with E-state index in [1.165, 1.54) is 6.20 Å². The Labute approximate surface area is 241 Å². The van der Waals surface area contributed by atoms with Gasteiger partial charge in [-0.2, -0.15) is 8.42 Å². The highest BCUT2D eigenvalue weighted by Crippen LogP contribution is 2.46. The standard InChI is InChI=1S/C26H50N2O9SSi2/c1-18(2)15-34-38(32,33)17-26(31)19(16-35-39(9,10)24(3,4)5)36-22(28-14-13-20(29)27-23(28)30)21(26)37-40(11,12)25(6,7)8/h13-14,18-19,21-22,31H,15-17H2,1-12H3,(H,27,29,30)/t19-,21+,22-,26?/m1/s1. The van der Waals surface area contributed by atoms with Gasteiger partial charge in [-0.05, 0) is 42.2 Å². The molecule has 0 bridgehead atoms. The largest absolute Gasteiger partial charge is 0.414 e. The molecule has 2 rings (SSSR count). The molecule has 0 amide bonds. The molecule has 1 unspecified atom stereocenters. The Balaban J connectivity index is 2.71. The van der Waals surface area contributed by atoms with Crippen molar-refractivity contribution in [2.24, 2.45) is 5.92 Å². The lowest BCUT2D eigenvalue weighted by Crippen LogP contribution is -2.60. The van der Waals surface area contributed by atoms with Crippen LogP contribution in [0.15, 0.2) is 21.9 Å². The van der Waals surface area contributed by atoms with Gasteiger partial charge in [0.15, 0.2) is 22.9 Å². The van der Waals surface area contributed by atoms with E-state index >= 15 is 0 Å². The lowest BCUT2D eigenvalue weighted by atomic mass is 9.94. The fraction of sp³-hybridized carbons (Fsp3) is 0.846. The minimum atomic E-state index is -4.26. The predicted octanol–water partition coefficient (Wildman–Crippen LogP) is 3.58. The van der Waals surface area contributed by atoms with Gasteiger partial charge in [0, 0.05) is 12.3 Å². The van der Waals surface area contributed by atoms with Crippen LogP contribution in [0.3, 0.4) is 0 Å². The zero-order valence-electron chi connectivity index (χ0n) is 26.2. The van der Waals surface area contributed by atoms with E-state index in [1.54, 1.807) is 0 Å². The molecular weight excluding hydrogens is 573 g/mol. The smallest absolute Gasteiger partial charge is 0.330 e. The van der Waals surface area contributed by atoms with Crippen LogP contribution < -0.4 is 11.2 Å². The molecule has 1 aromatic rings. The summed E-state index contributed by atoms with van der Waals surface area (Å²) in [5.74, 6) is -0.889. The molecule has 232 valence electrons. The number of aromatic nitrogens is 2. The van der Waals surface area contributed by atoms with Crippen molar-refractivity contribution in [1.82, 2.24) is 9.55 Å². The minimum Gasteiger partial charge on any atom is -0.414 e.